The Labute approximate surface area is 226 Å². The average molecular weight is 541 g/mol. The van der Waals surface area contributed by atoms with Gasteiger partial charge in [-0.15, -0.1) is 11.3 Å². The Kier molecular flexibility index (Phi) is 8.09. The number of likely N-dealkylation sites (tertiary alicyclic amines) is 1. The number of nitrogens with one attached hydrogen (secondary N) is 2. The monoisotopic (exact) mass is 540 g/mol. The molecule has 3 atom stereocenters. The Morgan fingerprint density at radius 2 is 1.97 bits per heavy atom. The Morgan fingerprint density at radius 1 is 1.19 bits per heavy atom. The predicted octanol–water partition coefficient (Wildman–Crippen LogP) is 4.80. The Balaban J connectivity index is 1.41. The van der Waals surface area contributed by atoms with E-state index in [1.54, 1.807) is 25.3 Å². The summed E-state index contributed by atoms with van der Waals surface area (Å²) in [5.74, 6) is -0.122. The van der Waals surface area contributed by atoms with Crippen molar-refractivity contribution in [1.82, 2.24) is 20.5 Å². The molecule has 2 aliphatic rings. The zero-order valence-electron chi connectivity index (χ0n) is 21.2. The highest BCUT2D eigenvalue weighted by Crippen LogP contribution is 2.39. The summed E-state index contributed by atoms with van der Waals surface area (Å²) in [6.07, 6.45) is 3.28. The van der Waals surface area contributed by atoms with Crippen LogP contribution >= 0.6 is 22.9 Å². The number of halogens is 1. The second-order valence-corrected chi connectivity index (χ2v) is 11.2. The number of benzene rings is 2. The van der Waals surface area contributed by atoms with Crippen molar-refractivity contribution < 1.29 is 14.3 Å². The van der Waals surface area contributed by atoms with E-state index >= 15 is 0 Å². The summed E-state index contributed by atoms with van der Waals surface area (Å²) < 4.78 is 5.54. The molecule has 2 amide bonds. The number of carbonyl (C=O) groups excluding carboxylic acids is 2. The molecule has 0 aliphatic carbocycles. The van der Waals surface area contributed by atoms with Crippen molar-refractivity contribution in [2.24, 2.45) is 5.92 Å². The van der Waals surface area contributed by atoms with Gasteiger partial charge in [-0.1, -0.05) is 35.9 Å². The maximum atomic E-state index is 14.0. The molecule has 1 aromatic heterocycles. The van der Waals surface area contributed by atoms with Gasteiger partial charge in [0, 0.05) is 35.7 Å². The standard InChI is InChI=1S/C28H33ClN4O3S/c1-17(30-2)26(34)32-25(18-9-12-36-13-10-18)28(35)33-11-5-8-24(33)27-31-23(16-37-27)22-15-20(29)14-19-6-3-4-7-21(19)22/h3-4,6-7,14-18,24-25,30H,5,8-13H2,1-2H3,(H,32,34)/t17-,24?,25-/m0/s1. The van der Waals surface area contributed by atoms with Gasteiger partial charge in [-0.3, -0.25) is 9.59 Å². The van der Waals surface area contributed by atoms with Crippen LogP contribution in [-0.4, -0.2) is 60.6 Å². The summed E-state index contributed by atoms with van der Waals surface area (Å²) in [6, 6.07) is 11.0. The molecule has 37 heavy (non-hydrogen) atoms. The summed E-state index contributed by atoms with van der Waals surface area (Å²) in [5, 5.41) is 11.9. The van der Waals surface area contributed by atoms with Gasteiger partial charge in [0.1, 0.15) is 11.0 Å². The number of aromatic nitrogens is 1. The number of ether oxygens (including phenoxy) is 1. The van der Waals surface area contributed by atoms with Gasteiger partial charge in [0.2, 0.25) is 11.8 Å². The Hall–Kier alpha value is -2.52. The molecule has 2 N–H and O–H groups in total. The molecule has 2 fully saturated rings. The highest BCUT2D eigenvalue weighted by molar-refractivity contribution is 7.10. The molecule has 0 radical (unpaired) electrons. The van der Waals surface area contributed by atoms with E-state index in [1.807, 2.05) is 29.2 Å². The van der Waals surface area contributed by atoms with E-state index < -0.39 is 6.04 Å². The molecule has 1 unspecified atom stereocenters. The minimum Gasteiger partial charge on any atom is -0.381 e. The van der Waals surface area contributed by atoms with Crippen LogP contribution in [0.5, 0.6) is 0 Å². The molecule has 3 heterocycles. The van der Waals surface area contributed by atoms with Crippen LogP contribution in [0.2, 0.25) is 5.02 Å². The minimum atomic E-state index is -0.566. The van der Waals surface area contributed by atoms with Gasteiger partial charge in [0.05, 0.1) is 17.8 Å². The first-order valence-corrected chi connectivity index (χ1v) is 14.2. The zero-order valence-corrected chi connectivity index (χ0v) is 22.8. The molecule has 7 nitrogen and oxygen atoms in total. The molecular formula is C28H33ClN4O3S. The molecule has 2 aromatic carbocycles. The normalized spacial score (nSPS) is 20.2. The van der Waals surface area contributed by atoms with Crippen LogP contribution in [0.1, 0.15) is 43.7 Å². The van der Waals surface area contributed by atoms with Gasteiger partial charge in [-0.2, -0.15) is 0 Å². The molecule has 196 valence electrons. The first-order chi connectivity index (χ1) is 18.0. The van der Waals surface area contributed by atoms with Crippen molar-refractivity contribution in [1.29, 1.82) is 0 Å². The summed E-state index contributed by atoms with van der Waals surface area (Å²) in [6.45, 7) is 3.68. The zero-order chi connectivity index (χ0) is 25.9. The SMILES string of the molecule is CN[C@@H](C)C(=O)N[C@H](C(=O)N1CCCC1c1nc(-c2cc(Cl)cc3ccccc23)cs1)C1CCOCC1. The summed E-state index contributed by atoms with van der Waals surface area (Å²) in [5.41, 5.74) is 1.87. The summed E-state index contributed by atoms with van der Waals surface area (Å²) in [7, 11) is 1.75. The van der Waals surface area contributed by atoms with Crippen LogP contribution < -0.4 is 10.6 Å². The van der Waals surface area contributed by atoms with Crippen molar-refractivity contribution in [3.05, 3.63) is 51.8 Å². The highest BCUT2D eigenvalue weighted by Gasteiger charge is 2.40. The number of carbonyl (C=O) groups is 2. The molecule has 2 aliphatic heterocycles. The lowest BCUT2D eigenvalue weighted by Gasteiger charge is -2.35. The molecular weight excluding hydrogens is 508 g/mol. The molecule has 3 aromatic rings. The van der Waals surface area contributed by atoms with Crippen LogP contribution in [0.25, 0.3) is 22.0 Å². The first-order valence-electron chi connectivity index (χ1n) is 13.0. The van der Waals surface area contributed by atoms with E-state index in [1.165, 1.54) is 0 Å². The highest BCUT2D eigenvalue weighted by atomic mass is 35.5. The number of likely N-dealkylation sites (N-methyl/N-ethyl adjacent to an activating group) is 1. The molecule has 5 rings (SSSR count). The van der Waals surface area contributed by atoms with Gasteiger partial charge in [0.15, 0.2) is 0 Å². The van der Waals surface area contributed by atoms with E-state index in [9.17, 15) is 9.59 Å². The summed E-state index contributed by atoms with van der Waals surface area (Å²) >= 11 is 8.01. The van der Waals surface area contributed by atoms with Gasteiger partial charge >= 0.3 is 0 Å². The topological polar surface area (TPSA) is 83.6 Å². The van der Waals surface area contributed by atoms with Gasteiger partial charge < -0.3 is 20.3 Å². The smallest absolute Gasteiger partial charge is 0.246 e. The maximum absolute atomic E-state index is 14.0. The second kappa shape index (κ2) is 11.5. The lowest BCUT2D eigenvalue weighted by atomic mass is 9.90. The van der Waals surface area contributed by atoms with Crippen molar-refractivity contribution in [3.63, 3.8) is 0 Å². The lowest BCUT2D eigenvalue weighted by molar-refractivity contribution is -0.140. The van der Waals surface area contributed by atoms with Crippen LogP contribution in [0.4, 0.5) is 0 Å². The van der Waals surface area contributed by atoms with Crippen molar-refractivity contribution in [2.75, 3.05) is 26.8 Å². The van der Waals surface area contributed by atoms with Crippen LogP contribution in [0, 0.1) is 5.92 Å². The molecule has 0 saturated carbocycles. The van der Waals surface area contributed by atoms with Gasteiger partial charge in [0.25, 0.3) is 0 Å². The van der Waals surface area contributed by atoms with E-state index in [4.69, 9.17) is 21.3 Å². The van der Waals surface area contributed by atoms with Crippen LogP contribution in [-0.2, 0) is 14.3 Å². The van der Waals surface area contributed by atoms with E-state index in [0.717, 1.165) is 52.7 Å². The number of hydrogen-bond acceptors (Lipinski definition) is 6. The summed E-state index contributed by atoms with van der Waals surface area (Å²) in [4.78, 5) is 33.7. The third-order valence-corrected chi connectivity index (χ3v) is 8.74. The molecule has 9 heteroatoms. The quantitative estimate of drug-likeness (QED) is 0.450. The lowest BCUT2D eigenvalue weighted by Crippen LogP contribution is -2.56. The fraction of sp³-hybridized carbons (Fsp3) is 0.464. The van der Waals surface area contributed by atoms with Crippen LogP contribution in [0.15, 0.2) is 41.8 Å². The third kappa shape index (κ3) is 5.53. The van der Waals surface area contributed by atoms with Crippen molar-refractivity contribution in [2.45, 2.75) is 50.7 Å². The number of fused-ring (bicyclic) bond motifs is 1. The predicted molar refractivity (Wildman–Crippen MR) is 148 cm³/mol. The van der Waals surface area contributed by atoms with E-state index in [2.05, 4.69) is 28.1 Å². The second-order valence-electron chi connectivity index (χ2n) is 9.88. The fourth-order valence-corrected chi connectivity index (χ4v) is 6.55. The Morgan fingerprint density at radius 3 is 2.76 bits per heavy atom. The Bertz CT molecular complexity index is 1280. The minimum absolute atomic E-state index is 0.0176. The first kappa shape index (κ1) is 26.1. The molecule has 0 bridgehead atoms. The molecule has 0 spiro atoms. The number of amides is 2. The van der Waals surface area contributed by atoms with Crippen LogP contribution in [0.3, 0.4) is 0 Å². The molecule has 2 saturated heterocycles. The van der Waals surface area contributed by atoms with Gasteiger partial charge in [-0.25, -0.2) is 4.98 Å². The van der Waals surface area contributed by atoms with E-state index in [-0.39, 0.29) is 29.8 Å². The third-order valence-electron chi connectivity index (χ3n) is 7.57. The largest absolute Gasteiger partial charge is 0.381 e. The van der Waals surface area contributed by atoms with Gasteiger partial charge in [-0.05, 0) is 68.5 Å². The number of rotatable bonds is 7. The number of nitrogens with zero attached hydrogens (tertiary/aromatic N) is 2. The number of thiazole rings is 1. The maximum Gasteiger partial charge on any atom is 0.246 e. The van der Waals surface area contributed by atoms with E-state index in [0.29, 0.717) is 24.8 Å². The van der Waals surface area contributed by atoms with Crippen molar-refractivity contribution in [3.8, 4) is 11.3 Å². The fourth-order valence-electron chi connectivity index (χ4n) is 5.36. The average Bonchev–Trinajstić information content (AvgIpc) is 3.61. The number of hydrogen-bond donors (Lipinski definition) is 2. The van der Waals surface area contributed by atoms with Crippen molar-refractivity contribution >= 4 is 45.5 Å².